The number of nitrogens with one attached hydrogen (secondary N) is 3. The molecule has 0 radical (unpaired) electrons. The Kier molecular flexibility index (Phi) is 6.30. The van der Waals surface area contributed by atoms with E-state index in [2.05, 4.69) is 22.0 Å². The molecule has 0 unspecified atom stereocenters. The number of nitrogens with zero attached hydrogens (tertiary/aromatic N) is 1. The van der Waals surface area contributed by atoms with E-state index in [1.807, 2.05) is 18.2 Å². The van der Waals surface area contributed by atoms with Crippen LogP contribution in [0.1, 0.15) is 44.1 Å². The maximum atomic E-state index is 12.7. The van der Waals surface area contributed by atoms with Gasteiger partial charge in [-0.3, -0.25) is 4.79 Å². The minimum atomic E-state index is -3.59. The number of carbonyl (C=O) groups excluding carboxylic acids is 1. The molecule has 188 valence electrons. The minimum absolute atomic E-state index is 0.0865. The Morgan fingerprint density at radius 1 is 0.971 bits per heavy atom. The molecule has 1 amide bonds. The smallest absolute Gasteiger partial charge is 0.243 e. The molecule has 8 heteroatoms. The SMILES string of the molecule is Cc1ccc(NC(=O)CNc2ccccc2NC23CC4CC(CC(C4)C2)C3)cc1S(=O)(=O)N(C)C. The summed E-state index contributed by atoms with van der Waals surface area (Å²) in [7, 11) is -0.594. The van der Waals surface area contributed by atoms with E-state index in [-0.39, 0.29) is 22.9 Å². The van der Waals surface area contributed by atoms with Gasteiger partial charge in [-0.25, -0.2) is 12.7 Å². The summed E-state index contributed by atoms with van der Waals surface area (Å²) in [5.74, 6) is 2.34. The van der Waals surface area contributed by atoms with Gasteiger partial charge in [-0.2, -0.15) is 0 Å². The maximum absolute atomic E-state index is 12.7. The topological polar surface area (TPSA) is 90.5 Å². The van der Waals surface area contributed by atoms with Crippen molar-refractivity contribution in [3.63, 3.8) is 0 Å². The maximum Gasteiger partial charge on any atom is 0.243 e. The third-order valence-electron chi connectivity index (χ3n) is 8.04. The van der Waals surface area contributed by atoms with Gasteiger partial charge in [0.15, 0.2) is 0 Å². The van der Waals surface area contributed by atoms with Crippen molar-refractivity contribution in [2.75, 3.05) is 36.6 Å². The third-order valence-corrected chi connectivity index (χ3v) is 9.99. The number of benzene rings is 2. The molecule has 0 saturated heterocycles. The predicted octanol–water partition coefficient (Wildman–Crippen LogP) is 4.68. The van der Waals surface area contributed by atoms with Crippen molar-refractivity contribution in [1.29, 1.82) is 0 Å². The highest BCUT2D eigenvalue weighted by molar-refractivity contribution is 7.89. The van der Waals surface area contributed by atoms with Crippen LogP contribution in [0.2, 0.25) is 0 Å². The molecule has 0 aliphatic heterocycles. The highest BCUT2D eigenvalue weighted by Gasteiger charge is 2.51. The van der Waals surface area contributed by atoms with Crippen molar-refractivity contribution in [1.82, 2.24) is 4.31 Å². The molecule has 4 bridgehead atoms. The fourth-order valence-electron chi connectivity index (χ4n) is 6.83. The van der Waals surface area contributed by atoms with Crippen molar-refractivity contribution < 1.29 is 13.2 Å². The van der Waals surface area contributed by atoms with Crippen LogP contribution < -0.4 is 16.0 Å². The van der Waals surface area contributed by atoms with Gasteiger partial charge in [0.1, 0.15) is 0 Å². The molecule has 0 spiro atoms. The Morgan fingerprint density at radius 3 is 2.17 bits per heavy atom. The summed E-state index contributed by atoms with van der Waals surface area (Å²) in [5, 5.41) is 10.0. The number of para-hydroxylation sites is 2. The molecular formula is C27H36N4O3S. The lowest BCUT2D eigenvalue weighted by molar-refractivity contribution is -0.114. The van der Waals surface area contributed by atoms with Gasteiger partial charge in [0.2, 0.25) is 15.9 Å². The molecule has 4 aliphatic rings. The van der Waals surface area contributed by atoms with E-state index in [0.717, 1.165) is 29.1 Å². The Bertz CT molecular complexity index is 1190. The highest BCUT2D eigenvalue weighted by Crippen LogP contribution is 2.56. The average molecular weight is 497 g/mol. The number of carbonyl (C=O) groups is 1. The van der Waals surface area contributed by atoms with E-state index in [4.69, 9.17) is 0 Å². The monoisotopic (exact) mass is 496 g/mol. The van der Waals surface area contributed by atoms with Gasteiger partial charge in [-0.05, 0) is 93.0 Å². The number of aryl methyl sites for hydroxylation is 1. The fourth-order valence-corrected chi connectivity index (χ4v) is 7.97. The predicted molar refractivity (Wildman–Crippen MR) is 140 cm³/mol. The normalized spacial score (nSPS) is 27.1. The van der Waals surface area contributed by atoms with Gasteiger partial charge >= 0.3 is 0 Å². The largest absolute Gasteiger partial charge is 0.378 e. The first-order valence-electron chi connectivity index (χ1n) is 12.6. The van der Waals surface area contributed by atoms with Crippen molar-refractivity contribution in [2.45, 2.75) is 55.9 Å². The van der Waals surface area contributed by atoms with E-state index < -0.39 is 10.0 Å². The minimum Gasteiger partial charge on any atom is -0.378 e. The second-order valence-corrected chi connectivity index (χ2v) is 13.2. The molecule has 7 nitrogen and oxygen atoms in total. The number of hydrogen-bond acceptors (Lipinski definition) is 5. The number of sulfonamides is 1. The molecule has 2 aromatic carbocycles. The molecule has 2 aromatic rings. The first-order valence-corrected chi connectivity index (χ1v) is 14.0. The molecule has 6 rings (SSSR count). The van der Waals surface area contributed by atoms with Crippen LogP contribution in [0.25, 0.3) is 0 Å². The summed E-state index contributed by atoms with van der Waals surface area (Å²) in [6.07, 6.45) is 7.95. The molecule has 0 aromatic heterocycles. The Morgan fingerprint density at radius 2 is 1.57 bits per heavy atom. The van der Waals surface area contributed by atoms with Crippen LogP contribution in [-0.4, -0.2) is 44.8 Å². The molecule has 4 saturated carbocycles. The zero-order valence-electron chi connectivity index (χ0n) is 20.8. The number of amides is 1. The molecule has 0 atom stereocenters. The van der Waals surface area contributed by atoms with Crippen LogP contribution in [0.4, 0.5) is 17.1 Å². The van der Waals surface area contributed by atoms with Crippen LogP contribution in [-0.2, 0) is 14.8 Å². The number of anilines is 3. The van der Waals surface area contributed by atoms with Gasteiger partial charge in [0, 0.05) is 25.3 Å². The quantitative estimate of drug-likeness (QED) is 0.494. The zero-order valence-corrected chi connectivity index (χ0v) is 21.6. The summed E-state index contributed by atoms with van der Waals surface area (Å²) < 4.78 is 26.4. The van der Waals surface area contributed by atoms with E-state index in [0.29, 0.717) is 11.3 Å². The van der Waals surface area contributed by atoms with E-state index >= 15 is 0 Å². The second-order valence-electron chi connectivity index (χ2n) is 11.0. The lowest BCUT2D eigenvalue weighted by Crippen LogP contribution is -2.54. The van der Waals surface area contributed by atoms with Crippen LogP contribution >= 0.6 is 0 Å². The van der Waals surface area contributed by atoms with Crippen LogP contribution in [0, 0.1) is 24.7 Å². The molecule has 4 aliphatic carbocycles. The lowest BCUT2D eigenvalue weighted by atomic mass is 9.53. The lowest BCUT2D eigenvalue weighted by Gasteiger charge is -2.57. The van der Waals surface area contributed by atoms with Gasteiger partial charge in [0.25, 0.3) is 0 Å². The zero-order chi connectivity index (χ0) is 24.8. The number of hydrogen-bond donors (Lipinski definition) is 3. The second kappa shape index (κ2) is 9.13. The van der Waals surface area contributed by atoms with Crippen molar-refractivity contribution >= 4 is 33.0 Å². The van der Waals surface area contributed by atoms with Gasteiger partial charge < -0.3 is 16.0 Å². The Labute approximate surface area is 208 Å². The standard InChI is InChI=1S/C27H36N4O3S/c1-18-8-9-22(13-25(18)35(33,34)31(2)3)29-26(32)17-28-23-6-4-5-7-24(23)30-27-14-19-10-20(15-27)12-21(11-19)16-27/h4-9,13,19-21,28,30H,10-12,14-17H2,1-3H3,(H,29,32). The van der Waals surface area contributed by atoms with Crippen LogP contribution in [0.3, 0.4) is 0 Å². The van der Waals surface area contributed by atoms with Gasteiger partial charge in [-0.1, -0.05) is 18.2 Å². The number of rotatable bonds is 8. The molecule has 4 fully saturated rings. The first-order chi connectivity index (χ1) is 16.6. The third kappa shape index (κ3) is 4.91. The summed E-state index contributed by atoms with van der Waals surface area (Å²) in [5.41, 5.74) is 3.25. The molecule has 35 heavy (non-hydrogen) atoms. The highest BCUT2D eigenvalue weighted by atomic mass is 32.2. The van der Waals surface area contributed by atoms with Crippen molar-refractivity contribution in [2.24, 2.45) is 17.8 Å². The Hall–Kier alpha value is -2.58. The summed E-state index contributed by atoms with van der Waals surface area (Å²) in [6, 6.07) is 13.1. The summed E-state index contributed by atoms with van der Waals surface area (Å²) in [4.78, 5) is 12.9. The molecular weight excluding hydrogens is 460 g/mol. The first kappa shape index (κ1) is 24.1. The average Bonchev–Trinajstić information content (AvgIpc) is 2.78. The molecule has 3 N–H and O–H groups in total. The van der Waals surface area contributed by atoms with Crippen molar-refractivity contribution in [3.8, 4) is 0 Å². The van der Waals surface area contributed by atoms with Gasteiger partial charge in [0.05, 0.1) is 22.8 Å². The van der Waals surface area contributed by atoms with E-state index in [1.165, 1.54) is 63.0 Å². The van der Waals surface area contributed by atoms with E-state index in [1.54, 1.807) is 19.1 Å². The van der Waals surface area contributed by atoms with Crippen LogP contribution in [0.5, 0.6) is 0 Å². The molecule has 0 heterocycles. The fraction of sp³-hybridized carbons (Fsp3) is 0.519. The van der Waals surface area contributed by atoms with Gasteiger partial charge in [-0.15, -0.1) is 0 Å². The van der Waals surface area contributed by atoms with Crippen LogP contribution in [0.15, 0.2) is 47.4 Å². The van der Waals surface area contributed by atoms with E-state index in [9.17, 15) is 13.2 Å². The van der Waals surface area contributed by atoms with Crippen molar-refractivity contribution in [3.05, 3.63) is 48.0 Å². The Balaban J connectivity index is 1.25. The summed E-state index contributed by atoms with van der Waals surface area (Å²) in [6.45, 7) is 1.83. The summed E-state index contributed by atoms with van der Waals surface area (Å²) >= 11 is 0.